The maximum Gasteiger partial charge on any atom is 0.416 e. The molecule has 5 nitrogen and oxygen atoms in total. The highest BCUT2D eigenvalue weighted by atomic mass is 32.2. The summed E-state index contributed by atoms with van der Waals surface area (Å²) in [6.07, 6.45) is 2.15. The van der Waals surface area contributed by atoms with Gasteiger partial charge in [-0.15, -0.1) is 0 Å². The molecule has 0 bridgehead atoms. The first-order valence-corrected chi connectivity index (χ1v) is 11.7. The van der Waals surface area contributed by atoms with Gasteiger partial charge in [0.2, 0.25) is 5.91 Å². The van der Waals surface area contributed by atoms with Gasteiger partial charge < -0.3 is 10.6 Å². The molecule has 1 amide bonds. The van der Waals surface area contributed by atoms with Crippen LogP contribution in [0.25, 0.3) is 0 Å². The van der Waals surface area contributed by atoms with Gasteiger partial charge in [-0.25, -0.2) is 8.42 Å². The van der Waals surface area contributed by atoms with Crippen LogP contribution in [0.4, 0.5) is 13.2 Å². The molecule has 1 aromatic rings. The lowest BCUT2D eigenvalue weighted by Crippen LogP contribution is -2.48. The lowest BCUT2D eigenvalue weighted by molar-refractivity contribution is -0.137. The summed E-state index contributed by atoms with van der Waals surface area (Å²) >= 11 is 0. The van der Waals surface area contributed by atoms with Gasteiger partial charge in [-0.3, -0.25) is 4.79 Å². The first-order valence-electron chi connectivity index (χ1n) is 10.1. The van der Waals surface area contributed by atoms with Crippen molar-refractivity contribution in [3.8, 4) is 0 Å². The van der Waals surface area contributed by atoms with Gasteiger partial charge >= 0.3 is 6.18 Å². The van der Waals surface area contributed by atoms with Crippen molar-refractivity contribution in [3.05, 3.63) is 29.8 Å². The van der Waals surface area contributed by atoms with E-state index in [9.17, 15) is 26.4 Å². The van der Waals surface area contributed by atoms with Gasteiger partial charge in [0.05, 0.1) is 22.8 Å². The van der Waals surface area contributed by atoms with E-state index >= 15 is 0 Å². The van der Waals surface area contributed by atoms with E-state index in [1.54, 1.807) is 0 Å². The van der Waals surface area contributed by atoms with Crippen LogP contribution < -0.4 is 10.6 Å². The lowest BCUT2D eigenvalue weighted by Gasteiger charge is -2.36. The Kier molecular flexibility index (Phi) is 6.88. The summed E-state index contributed by atoms with van der Waals surface area (Å²) < 4.78 is 63.3. The highest BCUT2D eigenvalue weighted by molar-refractivity contribution is 7.91. The number of alkyl halides is 3. The summed E-state index contributed by atoms with van der Waals surface area (Å²) in [5.74, 6) is -0.341. The first kappa shape index (κ1) is 22.1. The second kappa shape index (κ2) is 9.04. The topological polar surface area (TPSA) is 75.3 Å². The molecule has 1 aromatic carbocycles. The minimum absolute atomic E-state index is 0.0445. The fraction of sp³-hybridized carbons (Fsp3) is 0.650. The molecule has 9 heteroatoms. The van der Waals surface area contributed by atoms with E-state index in [2.05, 4.69) is 10.6 Å². The normalized spacial score (nSPS) is 23.4. The summed E-state index contributed by atoms with van der Waals surface area (Å²) in [4.78, 5) is 11.7. The average molecular weight is 433 g/mol. The molecule has 2 aliphatic carbocycles. The molecule has 0 spiro atoms. The molecule has 2 fully saturated rings. The molecule has 3 rings (SSSR count). The molecule has 0 saturated heterocycles. The van der Waals surface area contributed by atoms with Crippen LogP contribution in [0.15, 0.2) is 29.2 Å². The molecule has 162 valence electrons. The minimum atomic E-state index is -4.57. The molecule has 2 N–H and O–H groups in total. The third-order valence-electron chi connectivity index (χ3n) is 5.73. The van der Waals surface area contributed by atoms with Crippen LogP contribution in [-0.4, -0.2) is 38.7 Å². The Morgan fingerprint density at radius 3 is 2.41 bits per heavy atom. The van der Waals surface area contributed by atoms with Crippen molar-refractivity contribution in [1.29, 1.82) is 0 Å². The van der Waals surface area contributed by atoms with E-state index in [4.69, 9.17) is 0 Å². The average Bonchev–Trinajstić information content (AvgIpc) is 2.63. The van der Waals surface area contributed by atoms with Gasteiger partial charge in [0.15, 0.2) is 9.84 Å². The molecular weight excluding hydrogens is 405 g/mol. The Balaban J connectivity index is 1.42. The van der Waals surface area contributed by atoms with Crippen molar-refractivity contribution in [1.82, 2.24) is 10.6 Å². The zero-order valence-corrected chi connectivity index (χ0v) is 17.0. The summed E-state index contributed by atoms with van der Waals surface area (Å²) in [6.45, 7) is 0.203. The number of carbonyl (C=O) groups is 1. The van der Waals surface area contributed by atoms with Crippen molar-refractivity contribution < 1.29 is 26.4 Å². The van der Waals surface area contributed by atoms with E-state index in [1.807, 2.05) is 0 Å². The van der Waals surface area contributed by atoms with Crippen molar-refractivity contribution in [2.45, 2.75) is 68.1 Å². The number of sulfone groups is 1. The molecule has 0 radical (unpaired) electrons. The molecule has 2 aliphatic rings. The monoisotopic (exact) mass is 432 g/mol. The molecule has 2 saturated carbocycles. The van der Waals surface area contributed by atoms with Gasteiger partial charge in [-0.2, -0.15) is 13.2 Å². The van der Waals surface area contributed by atoms with E-state index in [-0.39, 0.29) is 41.1 Å². The number of nitrogens with one attached hydrogen (secondary N) is 2. The van der Waals surface area contributed by atoms with E-state index in [0.29, 0.717) is 18.9 Å². The summed E-state index contributed by atoms with van der Waals surface area (Å²) in [5.41, 5.74) is -0.962. The first-order chi connectivity index (χ1) is 13.6. The third kappa shape index (κ3) is 6.18. The quantitative estimate of drug-likeness (QED) is 0.693. The molecule has 29 heavy (non-hydrogen) atoms. The maximum atomic E-state index is 12.8. The molecular formula is C20H27F3N2O3S. The van der Waals surface area contributed by atoms with Gasteiger partial charge in [0.1, 0.15) is 0 Å². The van der Waals surface area contributed by atoms with Crippen LogP contribution in [0.3, 0.4) is 0 Å². The molecule has 0 aromatic heterocycles. The lowest BCUT2D eigenvalue weighted by atomic mass is 9.82. The van der Waals surface area contributed by atoms with Crippen molar-refractivity contribution in [3.63, 3.8) is 0 Å². The Labute approximate surface area is 169 Å². The van der Waals surface area contributed by atoms with Crippen molar-refractivity contribution in [2.75, 3.05) is 12.3 Å². The number of rotatable bonds is 7. The molecule has 0 atom stereocenters. The number of hydrogen-bond donors (Lipinski definition) is 2. The van der Waals surface area contributed by atoms with Crippen molar-refractivity contribution in [2.24, 2.45) is 5.92 Å². The fourth-order valence-electron chi connectivity index (χ4n) is 4.07. The Morgan fingerprint density at radius 1 is 1.07 bits per heavy atom. The van der Waals surface area contributed by atoms with Crippen molar-refractivity contribution >= 4 is 15.7 Å². The van der Waals surface area contributed by atoms with Gasteiger partial charge in [0, 0.05) is 12.1 Å². The molecule has 0 heterocycles. The Hall–Kier alpha value is -1.61. The zero-order chi connectivity index (χ0) is 21.1. The number of carbonyl (C=O) groups excluding carboxylic acids is 1. The van der Waals surface area contributed by atoms with Crippen LogP contribution >= 0.6 is 0 Å². The van der Waals surface area contributed by atoms with Crippen LogP contribution in [0.5, 0.6) is 0 Å². The largest absolute Gasteiger partial charge is 0.416 e. The van der Waals surface area contributed by atoms with E-state index in [1.165, 1.54) is 12.5 Å². The van der Waals surface area contributed by atoms with Gasteiger partial charge in [0.25, 0.3) is 0 Å². The van der Waals surface area contributed by atoms with Gasteiger partial charge in [-0.1, -0.05) is 25.3 Å². The van der Waals surface area contributed by atoms with Crippen LogP contribution in [0, 0.1) is 5.92 Å². The van der Waals surface area contributed by atoms with Crippen LogP contribution in [0.1, 0.15) is 50.5 Å². The van der Waals surface area contributed by atoms with Crippen LogP contribution in [-0.2, 0) is 20.8 Å². The molecule has 0 unspecified atom stereocenters. The summed E-state index contributed by atoms with van der Waals surface area (Å²) in [7, 11) is -3.78. The van der Waals surface area contributed by atoms with E-state index < -0.39 is 21.6 Å². The Morgan fingerprint density at radius 2 is 1.76 bits per heavy atom. The SMILES string of the molecule is O=C(CN[C@H]1C[C@H](CS(=O)(=O)c2cccc(C(F)(F)F)c2)C1)NC1CCCCC1. The number of hydrogen-bond acceptors (Lipinski definition) is 4. The predicted molar refractivity (Wildman–Crippen MR) is 103 cm³/mol. The second-order valence-electron chi connectivity index (χ2n) is 8.12. The fourth-order valence-corrected chi connectivity index (χ4v) is 5.75. The summed E-state index contributed by atoms with van der Waals surface area (Å²) in [6, 6.07) is 4.19. The molecule has 0 aliphatic heterocycles. The highest BCUT2D eigenvalue weighted by Gasteiger charge is 2.35. The zero-order valence-electron chi connectivity index (χ0n) is 16.2. The Bertz CT molecular complexity index is 815. The highest BCUT2D eigenvalue weighted by Crippen LogP contribution is 2.33. The number of benzene rings is 1. The smallest absolute Gasteiger partial charge is 0.352 e. The third-order valence-corrected chi connectivity index (χ3v) is 7.62. The van der Waals surface area contributed by atoms with Crippen LogP contribution in [0.2, 0.25) is 0 Å². The predicted octanol–water partition coefficient (Wildman–Crippen LogP) is 3.30. The van der Waals surface area contributed by atoms with E-state index in [0.717, 1.165) is 37.8 Å². The second-order valence-corrected chi connectivity index (χ2v) is 10.2. The maximum absolute atomic E-state index is 12.8. The summed E-state index contributed by atoms with van der Waals surface area (Å²) in [5, 5.41) is 6.16. The number of amides is 1. The number of halogens is 3. The minimum Gasteiger partial charge on any atom is -0.352 e. The van der Waals surface area contributed by atoms with Gasteiger partial charge in [-0.05, 0) is 49.8 Å². The standard InChI is InChI=1S/C20H27F3N2O3S/c21-20(22,23)15-5-4-8-18(11-15)29(27,28)13-14-9-17(10-14)24-12-19(26)25-16-6-2-1-3-7-16/h4-5,8,11,14,16-17,24H,1-3,6-7,9-10,12-13H2,(H,25,26)/t14-,17-.